The molecule has 0 aromatic heterocycles. The maximum absolute atomic E-state index is 13.1. The maximum Gasteiger partial charge on any atom is 0.250 e. The van der Waals surface area contributed by atoms with Gasteiger partial charge in [0.2, 0.25) is 5.91 Å². The summed E-state index contributed by atoms with van der Waals surface area (Å²) < 4.78 is 18.5. The molecule has 3 rings (SSSR count). The summed E-state index contributed by atoms with van der Waals surface area (Å²) in [5.74, 6) is -0.407. The van der Waals surface area contributed by atoms with Crippen LogP contribution < -0.4 is 5.32 Å². The third kappa shape index (κ3) is 4.16. The Morgan fingerprint density at radius 2 is 2.04 bits per heavy atom. The number of halogens is 1. The average Bonchev–Trinajstić information content (AvgIpc) is 3.10. The molecule has 0 spiro atoms. The Morgan fingerprint density at radius 3 is 2.76 bits per heavy atom. The van der Waals surface area contributed by atoms with Gasteiger partial charge in [-0.15, -0.1) is 0 Å². The zero-order valence-corrected chi connectivity index (χ0v) is 14.4. The fourth-order valence-corrected chi connectivity index (χ4v) is 3.50. The van der Waals surface area contributed by atoms with E-state index in [1.165, 1.54) is 12.1 Å². The molecule has 25 heavy (non-hydrogen) atoms. The summed E-state index contributed by atoms with van der Waals surface area (Å²) in [6.07, 6.45) is 1.16. The first-order valence-corrected chi connectivity index (χ1v) is 8.69. The van der Waals surface area contributed by atoms with Gasteiger partial charge in [0.15, 0.2) is 6.10 Å². The number of morpholine rings is 1. The van der Waals surface area contributed by atoms with Crippen LogP contribution in [-0.4, -0.2) is 67.0 Å². The number of likely N-dealkylation sites (N-methyl/N-ethyl adjacent to an activating group) is 1. The van der Waals surface area contributed by atoms with Crippen LogP contribution in [0.2, 0.25) is 0 Å². The molecular weight excluding hydrogens is 325 g/mol. The second kappa shape index (κ2) is 7.93. The van der Waals surface area contributed by atoms with E-state index in [0.717, 1.165) is 24.9 Å². The molecule has 2 saturated heterocycles. The lowest BCUT2D eigenvalue weighted by Crippen LogP contribution is -2.55. The molecule has 0 saturated carbocycles. The molecule has 2 heterocycles. The Morgan fingerprint density at radius 1 is 1.28 bits per heavy atom. The number of carbonyl (C=O) groups is 2. The van der Waals surface area contributed by atoms with Gasteiger partial charge in [-0.25, -0.2) is 4.39 Å². The molecule has 6 nitrogen and oxygen atoms in total. The third-order valence-electron chi connectivity index (χ3n) is 4.86. The van der Waals surface area contributed by atoms with Gasteiger partial charge in [0.05, 0.1) is 19.2 Å². The molecule has 136 valence electrons. The van der Waals surface area contributed by atoms with E-state index in [1.807, 2.05) is 0 Å². The van der Waals surface area contributed by atoms with Crippen molar-refractivity contribution in [3.8, 4) is 0 Å². The van der Waals surface area contributed by atoms with Gasteiger partial charge in [-0.1, -0.05) is 12.1 Å². The second-order valence-corrected chi connectivity index (χ2v) is 6.51. The summed E-state index contributed by atoms with van der Waals surface area (Å²) in [6, 6.07) is 6.21. The van der Waals surface area contributed by atoms with Crippen molar-refractivity contribution in [3.63, 3.8) is 0 Å². The number of hydrogen-bond donors (Lipinski definition) is 1. The topological polar surface area (TPSA) is 61.9 Å². The average molecular weight is 349 g/mol. The summed E-state index contributed by atoms with van der Waals surface area (Å²) >= 11 is 0. The number of rotatable bonds is 4. The van der Waals surface area contributed by atoms with E-state index in [2.05, 4.69) is 10.2 Å². The second-order valence-electron chi connectivity index (χ2n) is 6.51. The summed E-state index contributed by atoms with van der Waals surface area (Å²) in [5.41, 5.74) is 0.992. The molecule has 2 atom stereocenters. The van der Waals surface area contributed by atoms with E-state index in [1.54, 1.807) is 24.1 Å². The van der Waals surface area contributed by atoms with Gasteiger partial charge >= 0.3 is 0 Å². The van der Waals surface area contributed by atoms with Crippen LogP contribution >= 0.6 is 0 Å². The zero-order valence-electron chi connectivity index (χ0n) is 14.4. The molecule has 2 amide bonds. The lowest BCUT2D eigenvalue weighted by molar-refractivity contribution is -0.149. The predicted octanol–water partition coefficient (Wildman–Crippen LogP) is 0.764. The number of likely N-dealkylation sites (tertiary alicyclic amines) is 1. The largest absolute Gasteiger partial charge is 0.365 e. The van der Waals surface area contributed by atoms with Gasteiger partial charge in [0.25, 0.3) is 5.91 Å². The number of carbonyl (C=O) groups excluding carboxylic acids is 2. The highest BCUT2D eigenvalue weighted by Crippen LogP contribution is 2.23. The normalized spacial score (nSPS) is 24.3. The highest BCUT2D eigenvalue weighted by atomic mass is 19.1. The van der Waals surface area contributed by atoms with E-state index in [0.29, 0.717) is 26.2 Å². The Labute approximate surface area is 146 Å². The number of ether oxygens (including phenoxy) is 1. The van der Waals surface area contributed by atoms with E-state index in [9.17, 15) is 14.0 Å². The van der Waals surface area contributed by atoms with Crippen molar-refractivity contribution in [1.29, 1.82) is 0 Å². The van der Waals surface area contributed by atoms with Gasteiger partial charge < -0.3 is 15.0 Å². The van der Waals surface area contributed by atoms with Crippen LogP contribution in [-0.2, 0) is 20.9 Å². The summed E-state index contributed by atoms with van der Waals surface area (Å²) in [6.45, 7) is 2.64. The number of nitrogens with zero attached hydrogens (tertiary/aromatic N) is 2. The van der Waals surface area contributed by atoms with Crippen molar-refractivity contribution in [2.45, 2.75) is 31.5 Å². The van der Waals surface area contributed by atoms with Crippen LogP contribution in [0.5, 0.6) is 0 Å². The van der Waals surface area contributed by atoms with Crippen LogP contribution in [0.3, 0.4) is 0 Å². The van der Waals surface area contributed by atoms with Crippen LogP contribution in [0, 0.1) is 5.82 Å². The molecule has 0 radical (unpaired) electrons. The monoisotopic (exact) mass is 349 g/mol. The van der Waals surface area contributed by atoms with E-state index >= 15 is 0 Å². The fraction of sp³-hybridized carbons (Fsp3) is 0.556. The number of hydrogen-bond acceptors (Lipinski definition) is 4. The van der Waals surface area contributed by atoms with Gasteiger partial charge in [0, 0.05) is 20.1 Å². The van der Waals surface area contributed by atoms with Gasteiger partial charge in [-0.3, -0.25) is 14.5 Å². The highest BCUT2D eigenvalue weighted by molar-refractivity contribution is 5.85. The van der Waals surface area contributed by atoms with E-state index in [4.69, 9.17) is 4.74 Å². The standard InChI is InChI=1S/C18H24FN3O3/c1-20-17(23)16-12-22(9-10-25-16)18(24)15-3-2-8-21(15)11-13-4-6-14(19)7-5-13/h4-7,15-16H,2-3,8-12H2,1H3,(H,20,23)/t15-,16+/m1/s1. The fourth-order valence-electron chi connectivity index (χ4n) is 3.50. The van der Waals surface area contributed by atoms with Crippen molar-refractivity contribution >= 4 is 11.8 Å². The molecule has 0 aliphatic carbocycles. The molecule has 7 heteroatoms. The van der Waals surface area contributed by atoms with E-state index in [-0.39, 0.29) is 23.7 Å². The summed E-state index contributed by atoms with van der Waals surface area (Å²) in [5, 5.41) is 2.57. The first-order valence-electron chi connectivity index (χ1n) is 8.69. The van der Waals surface area contributed by atoms with Gasteiger partial charge in [0.1, 0.15) is 5.82 Å². The first-order chi connectivity index (χ1) is 12.1. The Bertz CT molecular complexity index is 622. The molecule has 2 aliphatic rings. The van der Waals surface area contributed by atoms with Crippen molar-refractivity contribution < 1.29 is 18.7 Å². The SMILES string of the molecule is CNC(=O)[C@@H]1CN(C(=O)[C@H]2CCCN2Cc2ccc(F)cc2)CCO1. The number of benzene rings is 1. The van der Waals surface area contributed by atoms with Gasteiger partial charge in [-0.05, 0) is 37.1 Å². The molecule has 1 aromatic rings. The van der Waals surface area contributed by atoms with Crippen molar-refractivity contribution in [2.75, 3.05) is 33.3 Å². The third-order valence-corrected chi connectivity index (χ3v) is 4.86. The van der Waals surface area contributed by atoms with Crippen LogP contribution in [0.25, 0.3) is 0 Å². The first kappa shape index (κ1) is 17.8. The van der Waals surface area contributed by atoms with E-state index < -0.39 is 6.10 Å². The van der Waals surface area contributed by atoms with Crippen molar-refractivity contribution in [2.24, 2.45) is 0 Å². The smallest absolute Gasteiger partial charge is 0.250 e. The number of nitrogens with one attached hydrogen (secondary N) is 1. The molecule has 1 N–H and O–H groups in total. The quantitative estimate of drug-likeness (QED) is 0.872. The Balaban J connectivity index is 1.64. The summed E-state index contributed by atoms with van der Waals surface area (Å²) in [7, 11) is 1.56. The highest BCUT2D eigenvalue weighted by Gasteiger charge is 2.36. The Hall–Kier alpha value is -1.99. The minimum atomic E-state index is -0.602. The molecule has 0 bridgehead atoms. The molecule has 2 aliphatic heterocycles. The minimum absolute atomic E-state index is 0.0526. The lowest BCUT2D eigenvalue weighted by atomic mass is 10.1. The number of amides is 2. The summed E-state index contributed by atoms with van der Waals surface area (Å²) in [4.78, 5) is 28.6. The molecule has 1 aromatic carbocycles. The molecule has 0 unspecified atom stereocenters. The Kier molecular flexibility index (Phi) is 5.65. The van der Waals surface area contributed by atoms with Crippen LogP contribution in [0.1, 0.15) is 18.4 Å². The molecule has 2 fully saturated rings. The van der Waals surface area contributed by atoms with Crippen molar-refractivity contribution in [1.82, 2.24) is 15.1 Å². The van der Waals surface area contributed by atoms with Gasteiger partial charge in [-0.2, -0.15) is 0 Å². The maximum atomic E-state index is 13.1. The lowest BCUT2D eigenvalue weighted by Gasteiger charge is -2.35. The van der Waals surface area contributed by atoms with Crippen LogP contribution in [0.15, 0.2) is 24.3 Å². The zero-order chi connectivity index (χ0) is 17.8. The van der Waals surface area contributed by atoms with Crippen molar-refractivity contribution in [3.05, 3.63) is 35.6 Å². The minimum Gasteiger partial charge on any atom is -0.365 e. The molecular formula is C18H24FN3O3. The van der Waals surface area contributed by atoms with Crippen LogP contribution in [0.4, 0.5) is 4.39 Å². The predicted molar refractivity (Wildman–Crippen MR) is 90.2 cm³/mol.